The number of carbonyl (C=O) groups is 1. The summed E-state index contributed by atoms with van der Waals surface area (Å²) in [6.45, 7) is 13.5. The van der Waals surface area contributed by atoms with Gasteiger partial charge in [0.15, 0.2) is 0 Å². The van der Waals surface area contributed by atoms with Gasteiger partial charge in [-0.05, 0) is 19.4 Å². The van der Waals surface area contributed by atoms with E-state index in [-0.39, 0.29) is 12.5 Å². The normalized spacial score (nSPS) is 11.4. The molecule has 0 aromatic rings. The maximum Gasteiger partial charge on any atom is 0.245 e. The van der Waals surface area contributed by atoms with E-state index < -0.39 is 0 Å². The van der Waals surface area contributed by atoms with Gasteiger partial charge in [0.25, 0.3) is 0 Å². The molecule has 2 N–H and O–H groups in total. The monoisotopic (exact) mass is 246 g/mol. The summed E-state index contributed by atoms with van der Waals surface area (Å²) in [5.74, 6) is 0.660. The zero-order valence-corrected chi connectivity index (χ0v) is 12.1. The minimum atomic E-state index is -0.0422. The minimum Gasteiger partial charge on any atom is -0.370 e. The van der Waals surface area contributed by atoms with E-state index in [9.17, 15) is 4.79 Å². The fraction of sp³-hybridized carbons (Fsp3) is 0.923. The Hall–Kier alpha value is -0.610. The highest BCUT2D eigenvalue weighted by Gasteiger charge is 1.99. The Kier molecular flexibility index (Phi) is 17.0. The lowest BCUT2D eigenvalue weighted by Crippen LogP contribution is -2.29. The Labute approximate surface area is 106 Å². The van der Waals surface area contributed by atoms with Crippen molar-refractivity contribution in [1.82, 2.24) is 10.6 Å². The van der Waals surface area contributed by atoms with Crippen molar-refractivity contribution in [3.8, 4) is 0 Å². The van der Waals surface area contributed by atoms with E-state index in [1.54, 1.807) is 0 Å². The van der Waals surface area contributed by atoms with Crippen molar-refractivity contribution in [2.24, 2.45) is 5.92 Å². The van der Waals surface area contributed by atoms with Gasteiger partial charge in [0, 0.05) is 13.1 Å². The highest BCUT2D eigenvalue weighted by atomic mass is 16.5. The third kappa shape index (κ3) is 15.4. The number of carbonyl (C=O) groups excluding carboxylic acids is 1. The predicted molar refractivity (Wildman–Crippen MR) is 73.2 cm³/mol. The standard InChI is InChI=1S/C11H24N2O2.C2H6/c1-4-10(3)8-12-6-7-15-9-11(14)13-5-2;1-2/h10,12H,4-9H2,1-3H3,(H,13,14);1-2H3. The number of rotatable bonds is 9. The average Bonchev–Trinajstić information content (AvgIpc) is 2.36. The van der Waals surface area contributed by atoms with Crippen LogP contribution in [0.5, 0.6) is 0 Å². The SMILES string of the molecule is CC.CCNC(=O)COCCNCC(C)CC. The van der Waals surface area contributed by atoms with E-state index in [0.29, 0.717) is 19.1 Å². The maximum atomic E-state index is 11.0. The third-order valence-corrected chi connectivity index (χ3v) is 2.22. The summed E-state index contributed by atoms with van der Waals surface area (Å²) < 4.78 is 5.19. The molecule has 0 radical (unpaired) electrons. The molecule has 0 aliphatic carbocycles. The number of hydrogen-bond acceptors (Lipinski definition) is 3. The predicted octanol–water partition coefficient (Wildman–Crippen LogP) is 1.80. The van der Waals surface area contributed by atoms with Crippen molar-refractivity contribution in [2.45, 2.75) is 41.0 Å². The number of amides is 1. The maximum absolute atomic E-state index is 11.0. The molecule has 0 aliphatic rings. The minimum absolute atomic E-state index is 0.0422. The Balaban J connectivity index is 0. The molecule has 0 aliphatic heterocycles. The molecule has 1 atom stereocenters. The first-order valence-electron chi connectivity index (χ1n) is 6.75. The van der Waals surface area contributed by atoms with Crippen molar-refractivity contribution >= 4 is 5.91 Å². The van der Waals surface area contributed by atoms with Gasteiger partial charge in [-0.25, -0.2) is 0 Å². The van der Waals surface area contributed by atoms with Crippen LogP contribution in [0.25, 0.3) is 0 Å². The van der Waals surface area contributed by atoms with E-state index in [4.69, 9.17) is 4.74 Å². The lowest BCUT2D eigenvalue weighted by Gasteiger charge is -2.10. The molecule has 0 fully saturated rings. The molecule has 4 heteroatoms. The van der Waals surface area contributed by atoms with Crippen LogP contribution in [-0.2, 0) is 9.53 Å². The zero-order valence-electron chi connectivity index (χ0n) is 12.1. The molecule has 1 amide bonds. The van der Waals surface area contributed by atoms with E-state index in [1.165, 1.54) is 6.42 Å². The number of ether oxygens (including phenoxy) is 1. The van der Waals surface area contributed by atoms with Crippen LogP contribution < -0.4 is 10.6 Å². The van der Waals surface area contributed by atoms with E-state index >= 15 is 0 Å². The number of nitrogens with one attached hydrogen (secondary N) is 2. The molecule has 4 nitrogen and oxygen atoms in total. The second-order valence-corrected chi connectivity index (χ2v) is 3.72. The summed E-state index contributed by atoms with van der Waals surface area (Å²) in [4.78, 5) is 11.0. The quantitative estimate of drug-likeness (QED) is 0.610. The Morgan fingerprint density at radius 3 is 2.47 bits per heavy atom. The summed E-state index contributed by atoms with van der Waals surface area (Å²) in [7, 11) is 0. The highest BCUT2D eigenvalue weighted by Crippen LogP contribution is 1.96. The lowest BCUT2D eigenvalue weighted by molar-refractivity contribution is -0.125. The molecule has 0 saturated carbocycles. The fourth-order valence-electron chi connectivity index (χ4n) is 1.05. The van der Waals surface area contributed by atoms with Crippen LogP contribution in [0.4, 0.5) is 0 Å². The molecule has 0 saturated heterocycles. The molecule has 0 aromatic heterocycles. The summed E-state index contributed by atoms with van der Waals surface area (Å²) in [6, 6.07) is 0. The molecule has 0 rings (SSSR count). The summed E-state index contributed by atoms with van der Waals surface area (Å²) in [5.41, 5.74) is 0. The summed E-state index contributed by atoms with van der Waals surface area (Å²) in [6.07, 6.45) is 1.19. The molecular weight excluding hydrogens is 216 g/mol. The third-order valence-electron chi connectivity index (χ3n) is 2.22. The molecule has 0 aromatic carbocycles. The second-order valence-electron chi connectivity index (χ2n) is 3.72. The van der Waals surface area contributed by atoms with Gasteiger partial charge in [0.1, 0.15) is 6.61 Å². The molecule has 0 spiro atoms. The van der Waals surface area contributed by atoms with Crippen LogP contribution in [0, 0.1) is 5.92 Å². The second kappa shape index (κ2) is 15.4. The Bertz CT molecular complexity index is 163. The first kappa shape index (κ1) is 18.7. The molecular formula is C13H30N2O2. The first-order valence-corrected chi connectivity index (χ1v) is 6.75. The van der Waals surface area contributed by atoms with Gasteiger partial charge in [-0.2, -0.15) is 0 Å². The molecule has 0 bridgehead atoms. The van der Waals surface area contributed by atoms with Crippen LogP contribution in [0.1, 0.15) is 41.0 Å². The average molecular weight is 246 g/mol. The molecule has 104 valence electrons. The summed E-state index contributed by atoms with van der Waals surface area (Å²) >= 11 is 0. The molecule has 17 heavy (non-hydrogen) atoms. The van der Waals surface area contributed by atoms with Gasteiger partial charge in [0.2, 0.25) is 5.91 Å². The van der Waals surface area contributed by atoms with Crippen molar-refractivity contribution in [1.29, 1.82) is 0 Å². The van der Waals surface area contributed by atoms with E-state index in [1.807, 2.05) is 20.8 Å². The summed E-state index contributed by atoms with van der Waals surface area (Å²) in [5, 5.41) is 5.96. The largest absolute Gasteiger partial charge is 0.370 e. The van der Waals surface area contributed by atoms with Crippen molar-refractivity contribution in [3.63, 3.8) is 0 Å². The zero-order chi connectivity index (χ0) is 13.5. The van der Waals surface area contributed by atoms with Crippen molar-refractivity contribution in [3.05, 3.63) is 0 Å². The van der Waals surface area contributed by atoms with Crippen LogP contribution in [-0.4, -0.2) is 38.8 Å². The lowest BCUT2D eigenvalue weighted by atomic mass is 10.1. The van der Waals surface area contributed by atoms with Crippen LogP contribution >= 0.6 is 0 Å². The Morgan fingerprint density at radius 2 is 1.94 bits per heavy atom. The van der Waals surface area contributed by atoms with E-state index in [0.717, 1.165) is 13.1 Å². The van der Waals surface area contributed by atoms with Crippen LogP contribution in [0.2, 0.25) is 0 Å². The van der Waals surface area contributed by atoms with Gasteiger partial charge in [-0.1, -0.05) is 34.1 Å². The van der Waals surface area contributed by atoms with Gasteiger partial charge in [-0.15, -0.1) is 0 Å². The highest BCUT2D eigenvalue weighted by molar-refractivity contribution is 5.77. The van der Waals surface area contributed by atoms with Gasteiger partial charge in [0.05, 0.1) is 6.61 Å². The number of hydrogen-bond donors (Lipinski definition) is 2. The van der Waals surface area contributed by atoms with Crippen LogP contribution in [0.3, 0.4) is 0 Å². The van der Waals surface area contributed by atoms with Gasteiger partial charge in [-0.3, -0.25) is 4.79 Å². The Morgan fingerprint density at radius 1 is 1.29 bits per heavy atom. The van der Waals surface area contributed by atoms with Crippen LogP contribution in [0.15, 0.2) is 0 Å². The van der Waals surface area contributed by atoms with Crippen molar-refractivity contribution < 1.29 is 9.53 Å². The molecule has 1 unspecified atom stereocenters. The topological polar surface area (TPSA) is 50.4 Å². The number of likely N-dealkylation sites (N-methyl/N-ethyl adjacent to an activating group) is 1. The van der Waals surface area contributed by atoms with Crippen molar-refractivity contribution in [2.75, 3.05) is 32.8 Å². The van der Waals surface area contributed by atoms with Gasteiger partial charge < -0.3 is 15.4 Å². The van der Waals surface area contributed by atoms with E-state index in [2.05, 4.69) is 24.5 Å². The smallest absolute Gasteiger partial charge is 0.245 e. The molecule has 0 heterocycles. The fourth-order valence-corrected chi connectivity index (χ4v) is 1.05. The first-order chi connectivity index (χ1) is 8.20. The van der Waals surface area contributed by atoms with Gasteiger partial charge >= 0.3 is 0 Å².